The van der Waals surface area contributed by atoms with Crippen LogP contribution in [0.3, 0.4) is 0 Å². The van der Waals surface area contributed by atoms with E-state index in [1.165, 1.54) is 24.4 Å². The Morgan fingerprint density at radius 2 is 1.72 bits per heavy atom. The number of pyridine rings is 1. The molecule has 2 N–H and O–H groups in total. The van der Waals surface area contributed by atoms with Gasteiger partial charge in [-0.1, -0.05) is 91.5 Å². The molecule has 6 rings (SSSR count). The number of fused-ring (bicyclic) bond motifs is 1. The number of nitrogens with one attached hydrogen (secondary N) is 2. The number of rotatable bonds is 11. The van der Waals surface area contributed by atoms with Crippen molar-refractivity contribution in [1.82, 2.24) is 4.98 Å². The maximum absolute atomic E-state index is 13.8. The van der Waals surface area contributed by atoms with E-state index in [0.717, 1.165) is 16.7 Å². The molecule has 0 fully saturated rings. The molecule has 8 heteroatoms. The van der Waals surface area contributed by atoms with Gasteiger partial charge in [-0.3, -0.25) is 4.79 Å². The van der Waals surface area contributed by atoms with E-state index in [1.54, 1.807) is 12.1 Å². The highest BCUT2D eigenvalue weighted by Crippen LogP contribution is 2.45. The molecule has 7 nitrogen and oxygen atoms in total. The smallest absolute Gasteiger partial charge is 0.247 e. The number of benzene rings is 4. The summed E-state index contributed by atoms with van der Waals surface area (Å²) in [7, 11) is 0. The van der Waals surface area contributed by atoms with Crippen LogP contribution in [0.5, 0.6) is 0 Å². The molecule has 0 aliphatic heterocycles. The van der Waals surface area contributed by atoms with E-state index in [2.05, 4.69) is 28.3 Å². The SMILES string of the molecule is C=CC(=O)Nc1cccc(-c2c(-c3ccccc3)oc3ncc(C#N)c(N[C@H](COCc4cccc(F)c4)c4ccccc4)c23)c1. The number of nitriles is 1. The summed E-state index contributed by atoms with van der Waals surface area (Å²) in [6, 6.07) is 35.0. The second-order valence-electron chi connectivity index (χ2n) is 10.5. The lowest BCUT2D eigenvalue weighted by molar-refractivity contribution is -0.111. The number of carbonyl (C=O) groups is 1. The minimum absolute atomic E-state index is 0.206. The standard InChI is InChI=1S/C38H29FN4O3/c1-2-33(44)42-31-18-10-16-28(20-31)34-35-36(29(21-40)22-41-38(35)46-37(34)27-14-7-4-8-15-27)43-32(26-12-5-3-6-13-26)24-45-23-25-11-9-17-30(39)19-25/h2-20,22,32H,1,23-24H2,(H,41,43)(H,42,44)/t32-/m1/s1. The highest BCUT2D eigenvalue weighted by atomic mass is 19.1. The summed E-state index contributed by atoms with van der Waals surface area (Å²) in [6.45, 7) is 3.97. The van der Waals surface area contributed by atoms with Crippen LogP contribution >= 0.6 is 0 Å². The van der Waals surface area contributed by atoms with Crippen molar-refractivity contribution in [3.05, 3.63) is 151 Å². The molecule has 1 amide bonds. The molecule has 0 spiro atoms. The van der Waals surface area contributed by atoms with Crippen molar-refractivity contribution < 1.29 is 18.3 Å². The number of hydrogen-bond acceptors (Lipinski definition) is 6. The highest BCUT2D eigenvalue weighted by molar-refractivity contribution is 6.09. The maximum Gasteiger partial charge on any atom is 0.247 e. The summed E-state index contributed by atoms with van der Waals surface area (Å²) in [4.78, 5) is 16.7. The van der Waals surface area contributed by atoms with Crippen LogP contribution < -0.4 is 10.6 Å². The van der Waals surface area contributed by atoms with Gasteiger partial charge in [0.2, 0.25) is 11.6 Å². The predicted molar refractivity (Wildman–Crippen MR) is 177 cm³/mol. The summed E-state index contributed by atoms with van der Waals surface area (Å²) in [6.07, 6.45) is 2.70. The van der Waals surface area contributed by atoms with E-state index >= 15 is 0 Å². The number of anilines is 2. The van der Waals surface area contributed by atoms with Crippen molar-refractivity contribution in [3.63, 3.8) is 0 Å². The number of aromatic nitrogens is 1. The Balaban J connectivity index is 1.49. The van der Waals surface area contributed by atoms with Crippen LogP contribution in [0.4, 0.5) is 15.8 Å². The normalized spacial score (nSPS) is 11.5. The zero-order valence-electron chi connectivity index (χ0n) is 24.7. The number of ether oxygens (including phenoxy) is 1. The van der Waals surface area contributed by atoms with Gasteiger partial charge in [-0.05, 0) is 47.0 Å². The summed E-state index contributed by atoms with van der Waals surface area (Å²) in [5, 5.41) is 17.3. The van der Waals surface area contributed by atoms with Gasteiger partial charge in [0.1, 0.15) is 17.6 Å². The third kappa shape index (κ3) is 6.55. The fourth-order valence-corrected chi connectivity index (χ4v) is 5.32. The Bertz CT molecular complexity index is 2050. The molecule has 0 saturated carbocycles. The van der Waals surface area contributed by atoms with Crippen molar-refractivity contribution in [2.75, 3.05) is 17.2 Å². The first-order valence-corrected chi connectivity index (χ1v) is 14.6. The predicted octanol–water partition coefficient (Wildman–Crippen LogP) is 8.67. The van der Waals surface area contributed by atoms with Crippen LogP contribution in [0.25, 0.3) is 33.6 Å². The Kier molecular flexibility index (Phi) is 8.95. The molecule has 0 bridgehead atoms. The molecule has 2 heterocycles. The number of hydrogen-bond donors (Lipinski definition) is 2. The number of carbonyl (C=O) groups excluding carboxylic acids is 1. The minimum atomic E-state index is -0.395. The zero-order valence-corrected chi connectivity index (χ0v) is 24.7. The van der Waals surface area contributed by atoms with Gasteiger partial charge in [0.25, 0.3) is 0 Å². The molecule has 226 valence electrons. The van der Waals surface area contributed by atoms with Crippen molar-refractivity contribution in [1.29, 1.82) is 5.26 Å². The van der Waals surface area contributed by atoms with Gasteiger partial charge < -0.3 is 19.8 Å². The van der Waals surface area contributed by atoms with Gasteiger partial charge >= 0.3 is 0 Å². The summed E-state index contributed by atoms with van der Waals surface area (Å²) in [5.74, 6) is -0.101. The Labute approximate surface area is 265 Å². The molecule has 0 saturated heterocycles. The van der Waals surface area contributed by atoms with Gasteiger partial charge in [0.15, 0.2) is 0 Å². The quantitative estimate of drug-likeness (QED) is 0.143. The first-order chi connectivity index (χ1) is 22.5. The highest BCUT2D eigenvalue weighted by Gasteiger charge is 2.25. The molecule has 0 aliphatic rings. The number of nitrogens with zero attached hydrogens (tertiary/aromatic N) is 2. The second kappa shape index (κ2) is 13.7. The summed E-state index contributed by atoms with van der Waals surface area (Å²) < 4.78 is 26.3. The van der Waals surface area contributed by atoms with Crippen molar-refractivity contribution in [3.8, 4) is 28.5 Å². The monoisotopic (exact) mass is 608 g/mol. The largest absolute Gasteiger partial charge is 0.437 e. The molecule has 0 radical (unpaired) electrons. The van der Waals surface area contributed by atoms with Crippen LogP contribution in [-0.4, -0.2) is 17.5 Å². The molecular weight excluding hydrogens is 579 g/mol. The van der Waals surface area contributed by atoms with E-state index in [9.17, 15) is 14.4 Å². The molecule has 0 aliphatic carbocycles. The number of amides is 1. The lowest BCUT2D eigenvalue weighted by Gasteiger charge is -2.22. The maximum atomic E-state index is 13.8. The minimum Gasteiger partial charge on any atom is -0.437 e. The third-order valence-corrected chi connectivity index (χ3v) is 7.44. The fourth-order valence-electron chi connectivity index (χ4n) is 5.32. The fraction of sp³-hybridized carbons (Fsp3) is 0.0789. The van der Waals surface area contributed by atoms with Crippen LogP contribution in [0.15, 0.2) is 132 Å². The van der Waals surface area contributed by atoms with Gasteiger partial charge in [-0.25, -0.2) is 9.37 Å². The molecule has 46 heavy (non-hydrogen) atoms. The first kappa shape index (κ1) is 30.0. The van der Waals surface area contributed by atoms with Crippen molar-refractivity contribution >= 4 is 28.4 Å². The summed E-state index contributed by atoms with van der Waals surface area (Å²) >= 11 is 0. The lowest BCUT2D eigenvalue weighted by Crippen LogP contribution is -2.18. The average Bonchev–Trinajstić information content (AvgIpc) is 3.49. The molecular formula is C38H29FN4O3. The zero-order chi connectivity index (χ0) is 31.9. The number of halogens is 1. The van der Waals surface area contributed by atoms with Gasteiger partial charge in [-0.15, -0.1) is 0 Å². The van der Waals surface area contributed by atoms with E-state index in [0.29, 0.717) is 44.9 Å². The van der Waals surface area contributed by atoms with E-state index in [1.807, 2.05) is 84.9 Å². The summed E-state index contributed by atoms with van der Waals surface area (Å²) in [5.41, 5.74) is 5.66. The van der Waals surface area contributed by atoms with E-state index in [4.69, 9.17) is 9.15 Å². The topological polar surface area (TPSA) is 100 Å². The Morgan fingerprint density at radius 3 is 2.46 bits per heavy atom. The Morgan fingerprint density at radius 1 is 0.978 bits per heavy atom. The average molecular weight is 609 g/mol. The molecule has 6 aromatic rings. The number of furan rings is 1. The van der Waals surface area contributed by atoms with Crippen LogP contribution in [0, 0.1) is 17.1 Å². The molecule has 0 unspecified atom stereocenters. The van der Waals surface area contributed by atoms with Crippen molar-refractivity contribution in [2.24, 2.45) is 0 Å². The van der Waals surface area contributed by atoms with Gasteiger partial charge in [0.05, 0.1) is 42.1 Å². The van der Waals surface area contributed by atoms with E-state index in [-0.39, 0.29) is 24.9 Å². The van der Waals surface area contributed by atoms with Crippen molar-refractivity contribution in [2.45, 2.75) is 12.6 Å². The first-order valence-electron chi connectivity index (χ1n) is 14.6. The Hall–Kier alpha value is -6.04. The van der Waals surface area contributed by atoms with Crippen LogP contribution in [0.1, 0.15) is 22.7 Å². The molecule has 2 aromatic heterocycles. The van der Waals surface area contributed by atoms with Crippen LogP contribution in [0.2, 0.25) is 0 Å². The van der Waals surface area contributed by atoms with E-state index < -0.39 is 6.04 Å². The third-order valence-electron chi connectivity index (χ3n) is 7.44. The van der Waals surface area contributed by atoms with Gasteiger partial charge in [0, 0.05) is 16.8 Å². The van der Waals surface area contributed by atoms with Gasteiger partial charge in [-0.2, -0.15) is 5.26 Å². The second-order valence-corrected chi connectivity index (χ2v) is 10.5. The molecule has 1 atom stereocenters. The molecule has 4 aromatic carbocycles. The van der Waals surface area contributed by atoms with Crippen LogP contribution in [-0.2, 0) is 16.1 Å². The lowest BCUT2D eigenvalue weighted by atomic mass is 9.96.